The molecule has 0 unspecified atom stereocenters. The van der Waals surface area contributed by atoms with Crippen LogP contribution < -0.4 is 5.73 Å². The van der Waals surface area contributed by atoms with Gasteiger partial charge in [0.25, 0.3) is 0 Å². The van der Waals surface area contributed by atoms with Crippen LogP contribution in [0.1, 0.15) is 0 Å². The number of benzene rings is 1. The Morgan fingerprint density at radius 2 is 1.94 bits per heavy atom. The van der Waals surface area contributed by atoms with Gasteiger partial charge in [-0.1, -0.05) is 12.1 Å². The van der Waals surface area contributed by atoms with Crippen molar-refractivity contribution in [3.8, 4) is 11.1 Å². The van der Waals surface area contributed by atoms with E-state index in [4.69, 9.17) is 17.3 Å². The summed E-state index contributed by atoms with van der Waals surface area (Å²) in [7, 11) is 0. The summed E-state index contributed by atoms with van der Waals surface area (Å²) in [6.07, 6.45) is 3.52. The summed E-state index contributed by atoms with van der Waals surface area (Å²) in [5, 5.41) is 0. The van der Waals surface area contributed by atoms with E-state index in [-0.39, 0.29) is 5.88 Å². The van der Waals surface area contributed by atoms with E-state index in [1.807, 2.05) is 36.4 Å². The van der Waals surface area contributed by atoms with Gasteiger partial charge >= 0.3 is 0 Å². The first kappa shape index (κ1) is 11.6. The Kier molecular flexibility index (Phi) is 3.73. The molecule has 0 fully saturated rings. The number of aromatic nitrogens is 1. The number of halogens is 1. The molecule has 3 nitrogen and oxygen atoms in total. The summed E-state index contributed by atoms with van der Waals surface area (Å²) in [6, 6.07) is 11.7. The lowest BCUT2D eigenvalue weighted by Crippen LogP contribution is -2.12. The Labute approximate surface area is 105 Å². The number of hydrogen-bond donors (Lipinski definition) is 1. The second kappa shape index (κ2) is 5.46. The van der Waals surface area contributed by atoms with Crippen molar-refractivity contribution >= 4 is 23.1 Å². The molecule has 1 aromatic heterocycles. The van der Waals surface area contributed by atoms with Gasteiger partial charge in [0.15, 0.2) is 0 Å². The Hall–Kier alpha value is -1.87. The SMILES string of the molecule is NC(CCl)=Nc1cccc(-c2ccncc2)c1. The van der Waals surface area contributed by atoms with Crippen molar-refractivity contribution in [1.29, 1.82) is 0 Å². The zero-order valence-corrected chi connectivity index (χ0v) is 9.93. The van der Waals surface area contributed by atoms with E-state index in [9.17, 15) is 0 Å². The van der Waals surface area contributed by atoms with E-state index in [0.717, 1.165) is 16.8 Å². The smallest absolute Gasteiger partial charge is 0.115 e. The average Bonchev–Trinajstić information content (AvgIpc) is 2.40. The summed E-state index contributed by atoms with van der Waals surface area (Å²) in [5.74, 6) is 0.651. The fourth-order valence-electron chi connectivity index (χ4n) is 1.50. The molecule has 0 bridgehead atoms. The molecule has 2 aromatic rings. The Bertz CT molecular complexity index is 523. The summed E-state index contributed by atoms with van der Waals surface area (Å²) < 4.78 is 0. The van der Waals surface area contributed by atoms with Crippen LogP contribution in [-0.2, 0) is 0 Å². The molecule has 0 aliphatic rings. The van der Waals surface area contributed by atoms with Crippen molar-refractivity contribution in [2.24, 2.45) is 10.7 Å². The second-order valence-corrected chi connectivity index (χ2v) is 3.79. The highest BCUT2D eigenvalue weighted by atomic mass is 35.5. The molecular weight excluding hydrogens is 234 g/mol. The zero-order valence-electron chi connectivity index (χ0n) is 9.18. The van der Waals surface area contributed by atoms with Crippen molar-refractivity contribution in [1.82, 2.24) is 4.98 Å². The average molecular weight is 246 g/mol. The Balaban J connectivity index is 2.36. The van der Waals surface area contributed by atoms with E-state index >= 15 is 0 Å². The van der Waals surface area contributed by atoms with Gasteiger partial charge in [0.2, 0.25) is 0 Å². The van der Waals surface area contributed by atoms with E-state index in [1.54, 1.807) is 12.4 Å². The summed E-state index contributed by atoms with van der Waals surface area (Å²) in [5.41, 5.74) is 8.58. The number of alkyl halides is 1. The predicted octanol–water partition coefficient (Wildman–Crippen LogP) is 2.98. The first-order valence-electron chi connectivity index (χ1n) is 5.19. The Morgan fingerprint density at radius 1 is 1.18 bits per heavy atom. The summed E-state index contributed by atoms with van der Waals surface area (Å²) >= 11 is 5.59. The van der Waals surface area contributed by atoms with Crippen LogP contribution in [0.15, 0.2) is 53.8 Å². The predicted molar refractivity (Wildman–Crippen MR) is 71.7 cm³/mol. The third-order valence-electron chi connectivity index (χ3n) is 2.27. The van der Waals surface area contributed by atoms with Crippen molar-refractivity contribution in [3.63, 3.8) is 0 Å². The van der Waals surface area contributed by atoms with Crippen LogP contribution in [0.4, 0.5) is 5.69 Å². The number of nitrogens with two attached hydrogens (primary N) is 1. The van der Waals surface area contributed by atoms with Gasteiger partial charge in [0.1, 0.15) is 5.84 Å². The van der Waals surface area contributed by atoms with Gasteiger partial charge in [-0.25, -0.2) is 4.99 Å². The number of hydrogen-bond acceptors (Lipinski definition) is 2. The maximum atomic E-state index is 5.60. The zero-order chi connectivity index (χ0) is 12.1. The van der Waals surface area contributed by atoms with Crippen molar-refractivity contribution in [3.05, 3.63) is 48.8 Å². The highest BCUT2D eigenvalue weighted by Crippen LogP contribution is 2.23. The maximum absolute atomic E-state index is 5.60. The van der Waals surface area contributed by atoms with Gasteiger partial charge in [-0.2, -0.15) is 0 Å². The van der Waals surface area contributed by atoms with Crippen LogP contribution in [0.2, 0.25) is 0 Å². The molecule has 0 atom stereocenters. The molecule has 0 radical (unpaired) electrons. The van der Waals surface area contributed by atoms with Crippen molar-refractivity contribution < 1.29 is 0 Å². The van der Waals surface area contributed by atoms with Gasteiger partial charge in [-0.05, 0) is 35.4 Å². The van der Waals surface area contributed by atoms with Crippen LogP contribution in [0.25, 0.3) is 11.1 Å². The van der Waals surface area contributed by atoms with E-state index in [2.05, 4.69) is 9.98 Å². The summed E-state index contributed by atoms with van der Waals surface area (Å²) in [4.78, 5) is 8.20. The van der Waals surface area contributed by atoms with Crippen LogP contribution in [0.3, 0.4) is 0 Å². The van der Waals surface area contributed by atoms with E-state index in [1.165, 1.54) is 0 Å². The highest BCUT2D eigenvalue weighted by Gasteiger charge is 1.98. The van der Waals surface area contributed by atoms with Gasteiger partial charge < -0.3 is 5.73 Å². The molecule has 1 heterocycles. The minimum Gasteiger partial charge on any atom is -0.386 e. The molecular formula is C13H12ClN3. The first-order valence-corrected chi connectivity index (χ1v) is 5.72. The van der Waals surface area contributed by atoms with Crippen LogP contribution in [-0.4, -0.2) is 16.7 Å². The van der Waals surface area contributed by atoms with Gasteiger partial charge in [-0.3, -0.25) is 4.98 Å². The lowest BCUT2D eigenvalue weighted by Gasteiger charge is -2.02. The molecule has 0 aliphatic heterocycles. The molecule has 0 amide bonds. The molecule has 2 N–H and O–H groups in total. The van der Waals surface area contributed by atoms with E-state index < -0.39 is 0 Å². The fraction of sp³-hybridized carbons (Fsp3) is 0.0769. The highest BCUT2D eigenvalue weighted by molar-refractivity contribution is 6.28. The van der Waals surface area contributed by atoms with Crippen molar-refractivity contribution in [2.45, 2.75) is 0 Å². The van der Waals surface area contributed by atoms with Crippen LogP contribution in [0.5, 0.6) is 0 Å². The normalized spacial score (nSPS) is 11.5. The minimum absolute atomic E-state index is 0.236. The molecule has 4 heteroatoms. The largest absolute Gasteiger partial charge is 0.386 e. The van der Waals surface area contributed by atoms with Crippen LogP contribution in [0, 0.1) is 0 Å². The molecule has 0 aliphatic carbocycles. The molecule has 86 valence electrons. The fourth-order valence-corrected chi connectivity index (χ4v) is 1.55. The molecule has 0 spiro atoms. The molecule has 17 heavy (non-hydrogen) atoms. The van der Waals surface area contributed by atoms with Crippen molar-refractivity contribution in [2.75, 3.05) is 5.88 Å². The molecule has 0 saturated heterocycles. The molecule has 2 rings (SSSR count). The number of nitrogens with zero attached hydrogens (tertiary/aromatic N) is 2. The monoisotopic (exact) mass is 245 g/mol. The number of pyridine rings is 1. The first-order chi connectivity index (χ1) is 8.29. The number of aliphatic imine (C=N–C) groups is 1. The molecule has 1 aromatic carbocycles. The summed E-state index contributed by atoms with van der Waals surface area (Å²) in [6.45, 7) is 0. The lowest BCUT2D eigenvalue weighted by atomic mass is 10.1. The second-order valence-electron chi connectivity index (χ2n) is 3.52. The van der Waals surface area contributed by atoms with E-state index in [0.29, 0.717) is 5.84 Å². The number of rotatable bonds is 3. The standard InChI is InChI=1S/C13H12ClN3/c14-9-13(15)17-12-3-1-2-11(8-12)10-4-6-16-7-5-10/h1-8H,9H2,(H2,15,17). The lowest BCUT2D eigenvalue weighted by molar-refractivity contribution is 1.33. The minimum atomic E-state index is 0.236. The van der Waals surface area contributed by atoms with Gasteiger partial charge in [0, 0.05) is 12.4 Å². The third-order valence-corrected chi connectivity index (χ3v) is 2.54. The Morgan fingerprint density at radius 3 is 2.65 bits per heavy atom. The molecule has 0 saturated carbocycles. The van der Waals surface area contributed by atoms with Crippen LogP contribution >= 0.6 is 11.6 Å². The maximum Gasteiger partial charge on any atom is 0.115 e. The number of amidine groups is 1. The van der Waals surface area contributed by atoms with Gasteiger partial charge in [-0.15, -0.1) is 11.6 Å². The van der Waals surface area contributed by atoms with Gasteiger partial charge in [0.05, 0.1) is 11.6 Å². The quantitative estimate of drug-likeness (QED) is 0.514. The topological polar surface area (TPSA) is 51.3 Å². The third kappa shape index (κ3) is 3.04.